The Morgan fingerprint density at radius 3 is 2.68 bits per heavy atom. The van der Waals surface area contributed by atoms with E-state index in [1.165, 1.54) is 11.7 Å². The first kappa shape index (κ1) is 13.9. The summed E-state index contributed by atoms with van der Waals surface area (Å²) in [4.78, 5) is 16.4. The minimum absolute atomic E-state index is 0.433. The van der Waals surface area contributed by atoms with Crippen LogP contribution in [0.3, 0.4) is 0 Å². The van der Waals surface area contributed by atoms with E-state index < -0.39 is 11.7 Å². The van der Waals surface area contributed by atoms with Gasteiger partial charge in [0.05, 0.1) is 7.11 Å². The quantitative estimate of drug-likeness (QED) is 0.803. The molecule has 2 heterocycles. The molecule has 19 heavy (non-hydrogen) atoms. The van der Waals surface area contributed by atoms with E-state index in [1.807, 2.05) is 20.8 Å². The highest BCUT2D eigenvalue weighted by atomic mass is 79.9. The summed E-state index contributed by atoms with van der Waals surface area (Å²) in [6, 6.07) is 3.55. The van der Waals surface area contributed by atoms with Gasteiger partial charge in [-0.15, -0.1) is 0 Å². The number of carbonyl (C=O) groups is 1. The maximum atomic E-state index is 12.1. The van der Waals surface area contributed by atoms with Gasteiger partial charge in [-0.25, -0.2) is 9.36 Å². The van der Waals surface area contributed by atoms with E-state index in [1.54, 1.807) is 18.3 Å². The molecule has 0 bridgehead atoms. The van der Waals surface area contributed by atoms with Gasteiger partial charge in [-0.1, -0.05) is 0 Å². The van der Waals surface area contributed by atoms with E-state index in [4.69, 9.17) is 9.47 Å². The summed E-state index contributed by atoms with van der Waals surface area (Å²) in [5.74, 6) is 0.433. The fraction of sp³-hybridized carbons (Fsp3) is 0.385. The normalized spacial score (nSPS) is 11.6. The Hall–Kier alpha value is -1.56. The first-order chi connectivity index (χ1) is 8.81. The van der Waals surface area contributed by atoms with E-state index in [2.05, 4.69) is 20.9 Å². The molecule has 0 fully saturated rings. The predicted molar refractivity (Wildman–Crippen MR) is 75.6 cm³/mol. The lowest BCUT2D eigenvalue weighted by Gasteiger charge is -2.19. The fourth-order valence-corrected chi connectivity index (χ4v) is 2.12. The van der Waals surface area contributed by atoms with Gasteiger partial charge in [0.25, 0.3) is 0 Å². The Bertz CT molecular complexity index is 629. The number of fused-ring (bicyclic) bond motifs is 1. The molecule has 2 aromatic heterocycles. The lowest BCUT2D eigenvalue weighted by atomic mass is 10.2. The first-order valence-electron chi connectivity index (χ1n) is 5.77. The number of pyridine rings is 1. The van der Waals surface area contributed by atoms with Gasteiger partial charge in [-0.3, -0.25) is 0 Å². The molecule has 0 N–H and O–H groups in total. The standard InChI is InChI=1S/C13H15BrN2O3/c1-13(2,3)19-12(17)16-6-5-8-9(14)7-10(18-4)15-11(8)16/h5-7H,1-4H3. The van der Waals surface area contributed by atoms with Crippen LogP contribution in [0.2, 0.25) is 0 Å². The van der Waals surface area contributed by atoms with Crippen LogP contribution in [-0.2, 0) is 4.74 Å². The Morgan fingerprint density at radius 2 is 2.11 bits per heavy atom. The third-order valence-electron chi connectivity index (χ3n) is 2.38. The van der Waals surface area contributed by atoms with Crippen LogP contribution in [0.15, 0.2) is 22.8 Å². The minimum Gasteiger partial charge on any atom is -0.481 e. The summed E-state index contributed by atoms with van der Waals surface area (Å²) in [6.07, 6.45) is 1.17. The van der Waals surface area contributed by atoms with Gasteiger partial charge < -0.3 is 9.47 Å². The molecule has 0 amide bonds. The molecule has 0 radical (unpaired) electrons. The second kappa shape index (κ2) is 4.85. The Kier molecular flexibility index (Phi) is 3.54. The number of aromatic nitrogens is 2. The van der Waals surface area contributed by atoms with Gasteiger partial charge in [0.1, 0.15) is 5.60 Å². The number of hydrogen-bond donors (Lipinski definition) is 0. The molecule has 0 aromatic carbocycles. The van der Waals surface area contributed by atoms with Gasteiger partial charge in [0.15, 0.2) is 5.65 Å². The number of ether oxygens (including phenoxy) is 2. The molecule has 6 heteroatoms. The second-order valence-electron chi connectivity index (χ2n) is 5.05. The first-order valence-corrected chi connectivity index (χ1v) is 6.56. The summed E-state index contributed by atoms with van der Waals surface area (Å²) in [6.45, 7) is 5.46. The van der Waals surface area contributed by atoms with Crippen LogP contribution in [0.1, 0.15) is 20.8 Å². The Morgan fingerprint density at radius 1 is 1.42 bits per heavy atom. The van der Waals surface area contributed by atoms with Crippen LogP contribution >= 0.6 is 15.9 Å². The monoisotopic (exact) mass is 326 g/mol. The number of carbonyl (C=O) groups excluding carboxylic acids is 1. The molecule has 2 rings (SSSR count). The average Bonchev–Trinajstić information content (AvgIpc) is 2.70. The average molecular weight is 327 g/mol. The van der Waals surface area contributed by atoms with Gasteiger partial charge in [0.2, 0.25) is 5.88 Å². The number of rotatable bonds is 1. The van der Waals surface area contributed by atoms with Crippen LogP contribution in [0.25, 0.3) is 11.0 Å². The zero-order valence-corrected chi connectivity index (χ0v) is 12.8. The molecule has 0 aliphatic heterocycles. The van der Waals surface area contributed by atoms with Crippen molar-refractivity contribution < 1.29 is 14.3 Å². The molecule has 102 valence electrons. The molecule has 5 nitrogen and oxygen atoms in total. The van der Waals surface area contributed by atoms with Crippen LogP contribution < -0.4 is 4.74 Å². The lowest BCUT2D eigenvalue weighted by molar-refractivity contribution is 0.0543. The summed E-state index contributed by atoms with van der Waals surface area (Å²) in [5, 5.41) is 0.826. The summed E-state index contributed by atoms with van der Waals surface area (Å²) in [5.41, 5.74) is -0.0514. The summed E-state index contributed by atoms with van der Waals surface area (Å²) in [7, 11) is 1.53. The molecular formula is C13H15BrN2O3. The van der Waals surface area contributed by atoms with Gasteiger partial charge >= 0.3 is 6.09 Å². The second-order valence-corrected chi connectivity index (χ2v) is 5.90. The number of hydrogen-bond acceptors (Lipinski definition) is 4. The predicted octanol–water partition coefficient (Wildman–Crippen LogP) is 3.59. The zero-order valence-electron chi connectivity index (χ0n) is 11.2. The van der Waals surface area contributed by atoms with Crippen molar-refractivity contribution >= 4 is 33.1 Å². The largest absolute Gasteiger partial charge is 0.481 e. The van der Waals surface area contributed by atoms with Crippen LogP contribution in [0.5, 0.6) is 5.88 Å². The summed E-state index contributed by atoms with van der Waals surface area (Å²) < 4.78 is 12.6. The molecule has 0 spiro atoms. The lowest BCUT2D eigenvalue weighted by Crippen LogP contribution is -2.26. The zero-order chi connectivity index (χ0) is 14.2. The molecule has 0 aliphatic carbocycles. The maximum Gasteiger partial charge on any atom is 0.420 e. The number of nitrogens with zero attached hydrogens (tertiary/aromatic N) is 2. The van der Waals surface area contributed by atoms with E-state index in [-0.39, 0.29) is 0 Å². The molecule has 0 saturated heterocycles. The van der Waals surface area contributed by atoms with Crippen molar-refractivity contribution in [3.8, 4) is 5.88 Å². The molecule has 0 saturated carbocycles. The number of methoxy groups -OCH3 is 1. The fourth-order valence-electron chi connectivity index (χ4n) is 1.61. The van der Waals surface area contributed by atoms with Crippen molar-refractivity contribution in [3.05, 3.63) is 22.8 Å². The van der Waals surface area contributed by atoms with Crippen molar-refractivity contribution in [3.63, 3.8) is 0 Å². The molecule has 2 aromatic rings. The van der Waals surface area contributed by atoms with Gasteiger partial charge in [0, 0.05) is 22.1 Å². The molecule has 0 unspecified atom stereocenters. The van der Waals surface area contributed by atoms with Crippen LogP contribution in [0, 0.1) is 0 Å². The number of halogens is 1. The molecule has 0 atom stereocenters. The Labute approximate surface area is 119 Å². The molecular weight excluding hydrogens is 312 g/mol. The smallest absolute Gasteiger partial charge is 0.420 e. The third kappa shape index (κ3) is 2.89. The topological polar surface area (TPSA) is 53.4 Å². The van der Waals surface area contributed by atoms with Crippen LogP contribution in [-0.4, -0.2) is 28.4 Å². The highest BCUT2D eigenvalue weighted by molar-refractivity contribution is 9.10. The van der Waals surface area contributed by atoms with Gasteiger partial charge in [-0.2, -0.15) is 4.98 Å². The van der Waals surface area contributed by atoms with Crippen molar-refractivity contribution in [2.24, 2.45) is 0 Å². The Balaban J connectivity index is 2.50. The SMILES string of the molecule is COc1cc(Br)c2ccn(C(=O)OC(C)(C)C)c2n1. The third-order valence-corrected chi connectivity index (χ3v) is 3.04. The maximum absolute atomic E-state index is 12.1. The highest BCUT2D eigenvalue weighted by Gasteiger charge is 2.20. The highest BCUT2D eigenvalue weighted by Crippen LogP contribution is 2.27. The van der Waals surface area contributed by atoms with E-state index in [0.29, 0.717) is 11.5 Å². The summed E-state index contributed by atoms with van der Waals surface area (Å²) >= 11 is 3.43. The minimum atomic E-state index is -0.552. The van der Waals surface area contributed by atoms with Crippen molar-refractivity contribution in [1.29, 1.82) is 0 Å². The van der Waals surface area contributed by atoms with Gasteiger partial charge in [-0.05, 0) is 42.8 Å². The van der Waals surface area contributed by atoms with E-state index >= 15 is 0 Å². The van der Waals surface area contributed by atoms with E-state index in [0.717, 1.165) is 9.86 Å². The van der Waals surface area contributed by atoms with Crippen molar-refractivity contribution in [2.75, 3.05) is 7.11 Å². The van der Waals surface area contributed by atoms with Crippen molar-refractivity contribution in [2.45, 2.75) is 26.4 Å². The van der Waals surface area contributed by atoms with Crippen molar-refractivity contribution in [1.82, 2.24) is 9.55 Å². The molecule has 0 aliphatic rings. The van der Waals surface area contributed by atoms with E-state index in [9.17, 15) is 4.79 Å². The van der Waals surface area contributed by atoms with Crippen LogP contribution in [0.4, 0.5) is 4.79 Å².